The summed E-state index contributed by atoms with van der Waals surface area (Å²) >= 11 is 0. The van der Waals surface area contributed by atoms with Crippen molar-refractivity contribution in [3.63, 3.8) is 0 Å². The van der Waals surface area contributed by atoms with Crippen LogP contribution in [0.3, 0.4) is 0 Å². The van der Waals surface area contributed by atoms with Crippen LogP contribution < -0.4 is 15.4 Å². The Kier molecular flexibility index (Phi) is 12.0. The van der Waals surface area contributed by atoms with Crippen LogP contribution in [0.25, 0.3) is 0 Å². The van der Waals surface area contributed by atoms with E-state index in [1.54, 1.807) is 14.1 Å². The van der Waals surface area contributed by atoms with E-state index in [0.29, 0.717) is 5.96 Å². The molecule has 0 aliphatic rings. The summed E-state index contributed by atoms with van der Waals surface area (Å²) in [6.07, 6.45) is 1.05. The van der Waals surface area contributed by atoms with Gasteiger partial charge in [0.1, 0.15) is 12.3 Å². The number of nitrogens with zero attached hydrogens (tertiary/aromatic N) is 2. The summed E-state index contributed by atoms with van der Waals surface area (Å²) in [5, 5.41) is 6.39. The van der Waals surface area contributed by atoms with Crippen LogP contribution in [0.4, 0.5) is 0 Å². The highest BCUT2D eigenvalue weighted by molar-refractivity contribution is 14.0. The molecule has 0 aromatic heterocycles. The van der Waals surface area contributed by atoms with Gasteiger partial charge in [-0.25, -0.2) is 4.99 Å². The van der Waals surface area contributed by atoms with E-state index in [9.17, 15) is 4.79 Å². The standard InChI is InChI=1S/C18H30N4O2.HI/c1-6-19-18(21-13-17(23)22(4)5)20-12-11-15-7-9-16(10-8-15)24-14(2)3;/h7-10,14H,6,11-13H2,1-5H3,(H2,19,20,21);1H. The predicted octanol–water partition coefficient (Wildman–Crippen LogP) is 2.28. The Labute approximate surface area is 168 Å². The molecule has 1 amide bonds. The normalized spacial score (nSPS) is 10.9. The second kappa shape index (κ2) is 12.8. The monoisotopic (exact) mass is 462 g/mol. The molecule has 0 radical (unpaired) electrons. The topological polar surface area (TPSA) is 66.0 Å². The molecule has 0 unspecified atom stereocenters. The predicted molar refractivity (Wildman–Crippen MR) is 114 cm³/mol. The summed E-state index contributed by atoms with van der Waals surface area (Å²) in [6, 6.07) is 8.12. The Hall–Kier alpha value is -1.51. The van der Waals surface area contributed by atoms with Gasteiger partial charge in [0, 0.05) is 27.2 Å². The molecule has 1 aromatic rings. The van der Waals surface area contributed by atoms with Gasteiger partial charge in [0.15, 0.2) is 5.96 Å². The Balaban J connectivity index is 0.00000576. The minimum Gasteiger partial charge on any atom is -0.491 e. The minimum atomic E-state index is -0.0204. The van der Waals surface area contributed by atoms with Crippen molar-refractivity contribution in [2.45, 2.75) is 33.3 Å². The van der Waals surface area contributed by atoms with Crippen molar-refractivity contribution in [2.24, 2.45) is 4.99 Å². The first-order valence-corrected chi connectivity index (χ1v) is 8.40. The van der Waals surface area contributed by atoms with Crippen LogP contribution in [-0.2, 0) is 11.2 Å². The third kappa shape index (κ3) is 10.2. The highest BCUT2D eigenvalue weighted by Crippen LogP contribution is 2.13. The van der Waals surface area contributed by atoms with Crippen LogP contribution in [0, 0.1) is 0 Å². The van der Waals surface area contributed by atoms with E-state index >= 15 is 0 Å². The van der Waals surface area contributed by atoms with E-state index in [1.807, 2.05) is 32.9 Å². The summed E-state index contributed by atoms with van der Waals surface area (Å²) in [7, 11) is 3.45. The first-order valence-electron chi connectivity index (χ1n) is 8.40. The average Bonchev–Trinajstić information content (AvgIpc) is 2.53. The van der Waals surface area contributed by atoms with E-state index in [2.05, 4.69) is 27.8 Å². The van der Waals surface area contributed by atoms with Gasteiger partial charge in [-0.05, 0) is 44.9 Å². The van der Waals surface area contributed by atoms with Crippen molar-refractivity contribution in [2.75, 3.05) is 33.7 Å². The molecule has 1 rings (SSSR count). The maximum Gasteiger partial charge on any atom is 0.243 e. The van der Waals surface area contributed by atoms with Crippen LogP contribution in [0.5, 0.6) is 5.75 Å². The Morgan fingerprint density at radius 1 is 1.20 bits per heavy atom. The molecule has 0 aliphatic heterocycles. The summed E-state index contributed by atoms with van der Waals surface area (Å²) in [6.45, 7) is 7.67. The molecule has 6 nitrogen and oxygen atoms in total. The summed E-state index contributed by atoms with van der Waals surface area (Å²) in [4.78, 5) is 17.4. The van der Waals surface area contributed by atoms with Crippen LogP contribution in [-0.4, -0.2) is 56.6 Å². The summed E-state index contributed by atoms with van der Waals surface area (Å²) in [5.41, 5.74) is 1.22. The fraction of sp³-hybridized carbons (Fsp3) is 0.556. The second-order valence-electron chi connectivity index (χ2n) is 5.97. The minimum absolute atomic E-state index is 0. The largest absolute Gasteiger partial charge is 0.491 e. The summed E-state index contributed by atoms with van der Waals surface area (Å²) in [5.74, 6) is 1.53. The van der Waals surface area contributed by atoms with E-state index in [-0.39, 0.29) is 42.5 Å². The number of guanidine groups is 1. The number of aliphatic imine (C=N–C) groups is 1. The van der Waals surface area contributed by atoms with Gasteiger partial charge in [0.05, 0.1) is 6.10 Å². The number of ether oxygens (including phenoxy) is 1. The third-order valence-electron chi connectivity index (χ3n) is 3.22. The third-order valence-corrected chi connectivity index (χ3v) is 3.22. The number of carbonyl (C=O) groups is 1. The molecule has 0 saturated heterocycles. The SMILES string of the molecule is CCNC(=NCC(=O)N(C)C)NCCc1ccc(OC(C)C)cc1.I. The van der Waals surface area contributed by atoms with Crippen molar-refractivity contribution >= 4 is 35.8 Å². The summed E-state index contributed by atoms with van der Waals surface area (Å²) < 4.78 is 5.64. The number of carbonyl (C=O) groups excluding carboxylic acids is 1. The average molecular weight is 462 g/mol. The molecule has 0 heterocycles. The smallest absolute Gasteiger partial charge is 0.243 e. The lowest BCUT2D eigenvalue weighted by atomic mass is 10.1. The number of rotatable bonds is 8. The number of likely N-dealkylation sites (N-methyl/N-ethyl adjacent to an activating group) is 1. The van der Waals surface area contributed by atoms with Gasteiger partial charge in [0.2, 0.25) is 5.91 Å². The molecule has 0 saturated carbocycles. The van der Waals surface area contributed by atoms with Crippen molar-refractivity contribution in [1.82, 2.24) is 15.5 Å². The molecular weight excluding hydrogens is 431 g/mol. The van der Waals surface area contributed by atoms with Gasteiger partial charge in [-0.3, -0.25) is 4.79 Å². The number of nitrogens with one attached hydrogen (secondary N) is 2. The van der Waals surface area contributed by atoms with Crippen LogP contribution in [0.2, 0.25) is 0 Å². The quantitative estimate of drug-likeness (QED) is 0.354. The van der Waals surface area contributed by atoms with E-state index in [4.69, 9.17) is 4.74 Å². The number of amides is 1. The molecule has 0 fully saturated rings. The lowest BCUT2D eigenvalue weighted by molar-refractivity contribution is -0.127. The maximum atomic E-state index is 11.6. The Morgan fingerprint density at radius 3 is 2.36 bits per heavy atom. The van der Waals surface area contributed by atoms with Gasteiger partial charge in [-0.2, -0.15) is 0 Å². The number of halogens is 1. The zero-order chi connectivity index (χ0) is 17.9. The van der Waals surface area contributed by atoms with Crippen molar-refractivity contribution in [1.29, 1.82) is 0 Å². The first kappa shape index (κ1) is 23.5. The van der Waals surface area contributed by atoms with Gasteiger partial charge in [0.25, 0.3) is 0 Å². The van der Waals surface area contributed by atoms with Gasteiger partial charge in [-0.1, -0.05) is 12.1 Å². The maximum absolute atomic E-state index is 11.6. The Morgan fingerprint density at radius 2 is 1.84 bits per heavy atom. The molecular formula is C18H31IN4O2. The second-order valence-corrected chi connectivity index (χ2v) is 5.97. The fourth-order valence-corrected chi connectivity index (χ4v) is 1.96. The molecule has 25 heavy (non-hydrogen) atoms. The molecule has 7 heteroatoms. The van der Waals surface area contributed by atoms with Gasteiger partial charge in [-0.15, -0.1) is 24.0 Å². The lowest BCUT2D eigenvalue weighted by Crippen LogP contribution is -2.39. The molecule has 0 bridgehead atoms. The molecule has 0 aliphatic carbocycles. The van der Waals surface area contributed by atoms with Crippen molar-refractivity contribution in [3.8, 4) is 5.75 Å². The van der Waals surface area contributed by atoms with E-state index in [1.165, 1.54) is 10.5 Å². The van der Waals surface area contributed by atoms with Gasteiger partial charge < -0.3 is 20.3 Å². The van der Waals surface area contributed by atoms with Crippen LogP contribution in [0.1, 0.15) is 26.3 Å². The fourth-order valence-electron chi connectivity index (χ4n) is 1.96. The number of benzene rings is 1. The Bertz CT molecular complexity index is 530. The molecule has 1 aromatic carbocycles. The van der Waals surface area contributed by atoms with Crippen LogP contribution in [0.15, 0.2) is 29.3 Å². The lowest BCUT2D eigenvalue weighted by Gasteiger charge is -2.13. The van der Waals surface area contributed by atoms with Crippen LogP contribution >= 0.6 is 24.0 Å². The number of hydrogen-bond acceptors (Lipinski definition) is 3. The van der Waals surface area contributed by atoms with E-state index < -0.39 is 0 Å². The van der Waals surface area contributed by atoms with Gasteiger partial charge >= 0.3 is 0 Å². The molecule has 2 N–H and O–H groups in total. The molecule has 0 atom stereocenters. The van der Waals surface area contributed by atoms with E-state index in [0.717, 1.165) is 25.3 Å². The highest BCUT2D eigenvalue weighted by atomic mass is 127. The highest BCUT2D eigenvalue weighted by Gasteiger charge is 2.04. The van der Waals surface area contributed by atoms with Crippen molar-refractivity contribution in [3.05, 3.63) is 29.8 Å². The first-order chi connectivity index (χ1) is 11.4. The number of hydrogen-bond donors (Lipinski definition) is 2. The molecule has 142 valence electrons. The zero-order valence-electron chi connectivity index (χ0n) is 15.8. The van der Waals surface area contributed by atoms with Crippen molar-refractivity contribution < 1.29 is 9.53 Å². The molecule has 0 spiro atoms. The zero-order valence-corrected chi connectivity index (χ0v) is 18.2.